The highest BCUT2D eigenvalue weighted by molar-refractivity contribution is 6.30. The van der Waals surface area contributed by atoms with Crippen LogP contribution in [0.4, 0.5) is 0 Å². The summed E-state index contributed by atoms with van der Waals surface area (Å²) >= 11 is 0. The zero-order valence-electron chi connectivity index (χ0n) is 16.2. The minimum Gasteiger partial charge on any atom is -0.427 e. The number of aliphatic hydroxyl groups excluding tert-OH is 1. The van der Waals surface area contributed by atoms with E-state index in [1.54, 1.807) is 0 Å². The molecule has 0 unspecified atom stereocenters. The number of ether oxygens (including phenoxy) is 3. The first-order chi connectivity index (χ1) is 14.1. The summed E-state index contributed by atoms with van der Waals surface area (Å²) in [5.74, 6) is -4.15. The van der Waals surface area contributed by atoms with Crippen LogP contribution in [0.5, 0.6) is 17.2 Å². The lowest BCUT2D eigenvalue weighted by molar-refractivity contribution is -0.133. The molecule has 3 rings (SSSR count). The van der Waals surface area contributed by atoms with Crippen LogP contribution < -0.4 is 14.2 Å². The smallest absolute Gasteiger partial charge is 0.308 e. The van der Waals surface area contributed by atoms with Crippen LogP contribution in [0, 0.1) is 0 Å². The van der Waals surface area contributed by atoms with Gasteiger partial charge in [0, 0.05) is 38.0 Å². The van der Waals surface area contributed by atoms with E-state index in [1.807, 2.05) is 0 Å². The summed E-state index contributed by atoms with van der Waals surface area (Å²) in [5.41, 5.74) is -0.460. The molecule has 0 saturated carbocycles. The van der Waals surface area contributed by atoms with Crippen molar-refractivity contribution in [2.45, 2.75) is 27.4 Å². The zero-order valence-corrected chi connectivity index (χ0v) is 16.2. The Hall–Kier alpha value is -3.85. The second kappa shape index (κ2) is 7.88. The topological polar surface area (TPSA) is 133 Å². The van der Waals surface area contributed by atoms with Crippen LogP contribution in [0.3, 0.4) is 0 Å². The number of esters is 3. The molecule has 9 nitrogen and oxygen atoms in total. The third kappa shape index (κ3) is 3.83. The van der Waals surface area contributed by atoms with Crippen LogP contribution in [0.1, 0.15) is 58.2 Å². The molecule has 0 aromatic heterocycles. The van der Waals surface area contributed by atoms with Gasteiger partial charge < -0.3 is 19.3 Å². The first kappa shape index (κ1) is 20.9. The van der Waals surface area contributed by atoms with Crippen LogP contribution in [0.25, 0.3) is 0 Å². The number of carbonyl (C=O) groups excluding carboxylic acids is 5. The molecule has 0 bridgehead atoms. The van der Waals surface area contributed by atoms with Gasteiger partial charge in [-0.2, -0.15) is 0 Å². The van der Waals surface area contributed by atoms with Gasteiger partial charge in [-0.25, -0.2) is 0 Å². The summed E-state index contributed by atoms with van der Waals surface area (Å²) in [4.78, 5) is 60.8. The molecule has 0 atom stereocenters. The number of hydrogen-bond acceptors (Lipinski definition) is 9. The largest absolute Gasteiger partial charge is 0.427 e. The highest BCUT2D eigenvalue weighted by atomic mass is 16.5. The number of aliphatic hydroxyl groups is 1. The molecule has 0 heterocycles. The van der Waals surface area contributed by atoms with Crippen molar-refractivity contribution >= 4 is 29.5 Å². The maximum absolute atomic E-state index is 13.3. The van der Waals surface area contributed by atoms with E-state index < -0.39 is 36.1 Å². The minimum absolute atomic E-state index is 0.0966. The lowest BCUT2D eigenvalue weighted by atomic mass is 9.82. The number of hydrogen-bond donors (Lipinski definition) is 1. The monoisotopic (exact) mass is 412 g/mol. The Labute approximate surface area is 170 Å². The maximum atomic E-state index is 13.3. The molecule has 2 aromatic rings. The Morgan fingerprint density at radius 1 is 0.733 bits per heavy atom. The molecule has 0 saturated heterocycles. The predicted molar refractivity (Wildman–Crippen MR) is 99.6 cm³/mol. The number of benzene rings is 2. The highest BCUT2D eigenvalue weighted by Crippen LogP contribution is 2.40. The van der Waals surface area contributed by atoms with E-state index in [9.17, 15) is 29.1 Å². The van der Waals surface area contributed by atoms with Gasteiger partial charge in [-0.3, -0.25) is 24.0 Å². The molecule has 2 aromatic carbocycles. The Kier molecular flexibility index (Phi) is 5.48. The molecule has 0 spiro atoms. The van der Waals surface area contributed by atoms with E-state index in [-0.39, 0.29) is 45.1 Å². The fraction of sp³-hybridized carbons (Fsp3) is 0.190. The summed E-state index contributed by atoms with van der Waals surface area (Å²) in [7, 11) is 0. The molecular formula is C21H16O9. The molecule has 0 amide bonds. The van der Waals surface area contributed by atoms with E-state index in [2.05, 4.69) is 0 Å². The first-order valence-corrected chi connectivity index (χ1v) is 8.72. The third-order valence-corrected chi connectivity index (χ3v) is 4.13. The summed E-state index contributed by atoms with van der Waals surface area (Å²) in [5, 5.41) is 9.48. The van der Waals surface area contributed by atoms with Crippen molar-refractivity contribution in [3.8, 4) is 17.2 Å². The van der Waals surface area contributed by atoms with Gasteiger partial charge in [-0.05, 0) is 23.8 Å². The second-order valence-corrected chi connectivity index (χ2v) is 6.46. The van der Waals surface area contributed by atoms with Gasteiger partial charge in [0.15, 0.2) is 5.78 Å². The SMILES string of the molecule is CC(=O)Oc1cc(OC(C)=O)c2c(c1)C(=O)c1cc(CO)cc(OC(C)=O)c1C2=O. The van der Waals surface area contributed by atoms with Gasteiger partial charge in [0.05, 0.1) is 17.7 Å². The van der Waals surface area contributed by atoms with Crippen molar-refractivity contribution < 1.29 is 43.3 Å². The second-order valence-electron chi connectivity index (χ2n) is 6.46. The third-order valence-electron chi connectivity index (χ3n) is 4.13. The molecule has 1 aliphatic carbocycles. The summed E-state index contributed by atoms with van der Waals surface area (Å²) in [6, 6.07) is 4.90. The maximum Gasteiger partial charge on any atom is 0.308 e. The average Bonchev–Trinajstić information content (AvgIpc) is 2.63. The number of rotatable bonds is 4. The fourth-order valence-corrected chi connectivity index (χ4v) is 3.15. The van der Waals surface area contributed by atoms with E-state index in [0.29, 0.717) is 0 Å². The van der Waals surface area contributed by atoms with Gasteiger partial charge in [-0.1, -0.05) is 0 Å². The highest BCUT2D eigenvalue weighted by Gasteiger charge is 2.37. The van der Waals surface area contributed by atoms with Crippen molar-refractivity contribution in [3.05, 3.63) is 52.1 Å². The summed E-state index contributed by atoms with van der Waals surface area (Å²) in [6.07, 6.45) is 0. The number of fused-ring (bicyclic) bond motifs is 2. The molecule has 154 valence electrons. The van der Waals surface area contributed by atoms with Gasteiger partial charge in [0.1, 0.15) is 17.2 Å². The fourth-order valence-electron chi connectivity index (χ4n) is 3.15. The van der Waals surface area contributed by atoms with Gasteiger partial charge in [0.2, 0.25) is 5.78 Å². The lowest BCUT2D eigenvalue weighted by Crippen LogP contribution is -2.24. The van der Waals surface area contributed by atoms with E-state index in [1.165, 1.54) is 18.2 Å². The van der Waals surface area contributed by atoms with Crippen LogP contribution in [-0.2, 0) is 21.0 Å². The molecule has 9 heteroatoms. The normalized spacial score (nSPS) is 12.0. The molecule has 0 aliphatic heterocycles. The lowest BCUT2D eigenvalue weighted by Gasteiger charge is -2.23. The van der Waals surface area contributed by atoms with E-state index in [0.717, 1.165) is 26.8 Å². The van der Waals surface area contributed by atoms with Crippen LogP contribution in [0.2, 0.25) is 0 Å². The van der Waals surface area contributed by atoms with Crippen molar-refractivity contribution in [1.82, 2.24) is 0 Å². The van der Waals surface area contributed by atoms with Gasteiger partial charge in [0.25, 0.3) is 0 Å². The van der Waals surface area contributed by atoms with Crippen molar-refractivity contribution in [3.63, 3.8) is 0 Å². The molecule has 1 aliphatic rings. The Morgan fingerprint density at radius 2 is 1.23 bits per heavy atom. The van der Waals surface area contributed by atoms with Crippen molar-refractivity contribution in [2.75, 3.05) is 0 Å². The quantitative estimate of drug-likeness (QED) is 0.502. The first-order valence-electron chi connectivity index (χ1n) is 8.72. The molecule has 1 N–H and O–H groups in total. The van der Waals surface area contributed by atoms with E-state index in [4.69, 9.17) is 14.2 Å². The van der Waals surface area contributed by atoms with E-state index >= 15 is 0 Å². The predicted octanol–water partition coefficient (Wildman–Crippen LogP) is 1.73. The average molecular weight is 412 g/mol. The van der Waals surface area contributed by atoms with Crippen LogP contribution in [0.15, 0.2) is 24.3 Å². The Bertz CT molecular complexity index is 1130. The van der Waals surface area contributed by atoms with Crippen LogP contribution >= 0.6 is 0 Å². The van der Waals surface area contributed by atoms with Crippen molar-refractivity contribution in [1.29, 1.82) is 0 Å². The number of carbonyl (C=O) groups is 5. The van der Waals surface area contributed by atoms with Gasteiger partial charge >= 0.3 is 17.9 Å². The number of ketones is 2. The Balaban J connectivity index is 2.30. The standard InChI is InChI=1S/C21H16O9/c1-9(23)28-13-6-15-19(17(7-13)30-11(3)25)21(27)18-14(20(15)26)4-12(8-22)5-16(18)29-10(2)24/h4-7,22H,8H2,1-3H3. The molecular weight excluding hydrogens is 396 g/mol. The van der Waals surface area contributed by atoms with Crippen LogP contribution in [-0.4, -0.2) is 34.6 Å². The van der Waals surface area contributed by atoms with Gasteiger partial charge in [-0.15, -0.1) is 0 Å². The molecule has 30 heavy (non-hydrogen) atoms. The summed E-state index contributed by atoms with van der Waals surface area (Å²) in [6.45, 7) is 2.90. The zero-order chi connectivity index (χ0) is 22.2. The molecule has 0 radical (unpaired) electrons. The Morgan fingerprint density at radius 3 is 1.73 bits per heavy atom. The molecule has 0 fully saturated rings. The summed E-state index contributed by atoms with van der Waals surface area (Å²) < 4.78 is 15.2. The van der Waals surface area contributed by atoms with Crippen molar-refractivity contribution in [2.24, 2.45) is 0 Å². The minimum atomic E-state index is -0.765.